The largest absolute Gasteiger partial charge is 0.507 e. The van der Waals surface area contributed by atoms with Gasteiger partial charge in [0.1, 0.15) is 11.6 Å². The summed E-state index contributed by atoms with van der Waals surface area (Å²) in [6, 6.07) is 4.20. The number of hydrogen-bond acceptors (Lipinski definition) is 3. The van der Waals surface area contributed by atoms with Crippen molar-refractivity contribution in [1.82, 2.24) is 4.57 Å². The first-order chi connectivity index (χ1) is 13.5. The number of benzene rings is 1. The van der Waals surface area contributed by atoms with Gasteiger partial charge in [0.2, 0.25) is 0 Å². The topological polar surface area (TPSA) is 51.5 Å². The normalized spacial score (nSPS) is 19.5. The Bertz CT molecular complexity index is 1030. The molecule has 1 aromatic carbocycles. The number of phenolic OH excluding ortho intramolecular Hbond substituents is 1. The lowest BCUT2D eigenvalue weighted by atomic mass is 9.81. The maximum absolute atomic E-state index is 13.6. The van der Waals surface area contributed by atoms with Crippen LogP contribution in [0.25, 0.3) is 23.4 Å². The van der Waals surface area contributed by atoms with Gasteiger partial charge in [0.05, 0.1) is 18.7 Å². The van der Waals surface area contributed by atoms with Crippen molar-refractivity contribution in [2.45, 2.75) is 44.4 Å². The van der Waals surface area contributed by atoms with Crippen LogP contribution >= 0.6 is 0 Å². The molecule has 2 aromatic rings. The highest BCUT2D eigenvalue weighted by atomic mass is 19.1. The molecule has 1 unspecified atom stereocenters. The van der Waals surface area contributed by atoms with Crippen LogP contribution in [0.4, 0.5) is 4.39 Å². The van der Waals surface area contributed by atoms with Gasteiger partial charge in [-0.25, -0.2) is 4.39 Å². The lowest BCUT2D eigenvalue weighted by Crippen LogP contribution is -2.35. The standard InChI is InChI=1S/C23H26FNO3/c1-25-19-12-15(23(27)28-2)8-10-17(19)21(14-6-4-3-5-7-14)22(25)18-11-9-16(24)13-20(18)26/h9-15,26H,3-8H2,1-2H3. The van der Waals surface area contributed by atoms with Crippen LogP contribution in [0.15, 0.2) is 18.2 Å². The number of rotatable bonds is 3. The maximum Gasteiger partial charge on any atom is 0.312 e. The smallest absolute Gasteiger partial charge is 0.312 e. The summed E-state index contributed by atoms with van der Waals surface area (Å²) in [6.45, 7) is 0. The fourth-order valence-electron chi connectivity index (χ4n) is 4.82. The quantitative estimate of drug-likeness (QED) is 0.827. The molecule has 1 heterocycles. The SMILES string of the molecule is COC(=O)C1C=c2c(c(C3CCCCC3)c(-c3ccc(F)cc3O)n2C)=CC1. The fourth-order valence-corrected chi connectivity index (χ4v) is 4.82. The average molecular weight is 383 g/mol. The minimum absolute atomic E-state index is 0.0560. The molecule has 1 N–H and O–H groups in total. The lowest BCUT2D eigenvalue weighted by molar-refractivity contribution is -0.143. The third-order valence-electron chi connectivity index (χ3n) is 6.19. The number of carbonyl (C=O) groups is 1. The number of aromatic nitrogens is 1. The third-order valence-corrected chi connectivity index (χ3v) is 6.19. The number of methoxy groups -OCH3 is 1. The van der Waals surface area contributed by atoms with Gasteiger partial charge in [-0.05, 0) is 54.2 Å². The zero-order chi connectivity index (χ0) is 19.8. The summed E-state index contributed by atoms with van der Waals surface area (Å²) in [5.74, 6) is -0.654. The van der Waals surface area contributed by atoms with E-state index in [-0.39, 0.29) is 17.6 Å². The average Bonchev–Trinajstić information content (AvgIpc) is 3.00. The van der Waals surface area contributed by atoms with Crippen LogP contribution in [0.2, 0.25) is 0 Å². The van der Waals surface area contributed by atoms with E-state index in [1.807, 2.05) is 17.7 Å². The van der Waals surface area contributed by atoms with Crippen molar-refractivity contribution in [3.63, 3.8) is 0 Å². The minimum Gasteiger partial charge on any atom is -0.507 e. The third kappa shape index (κ3) is 3.13. The van der Waals surface area contributed by atoms with E-state index in [2.05, 4.69) is 6.08 Å². The van der Waals surface area contributed by atoms with E-state index in [1.54, 1.807) is 6.07 Å². The Morgan fingerprint density at radius 3 is 2.68 bits per heavy atom. The number of ether oxygens (including phenoxy) is 1. The highest BCUT2D eigenvalue weighted by Gasteiger charge is 2.28. The van der Waals surface area contributed by atoms with Gasteiger partial charge in [-0.1, -0.05) is 25.3 Å². The molecule has 4 nitrogen and oxygen atoms in total. The summed E-state index contributed by atoms with van der Waals surface area (Å²) >= 11 is 0. The monoisotopic (exact) mass is 383 g/mol. The van der Waals surface area contributed by atoms with Crippen molar-refractivity contribution in [3.05, 3.63) is 40.1 Å². The molecule has 2 aliphatic carbocycles. The number of hydrogen-bond donors (Lipinski definition) is 1. The number of phenols is 1. The highest BCUT2D eigenvalue weighted by Crippen LogP contribution is 2.39. The van der Waals surface area contributed by atoms with Gasteiger partial charge < -0.3 is 14.4 Å². The van der Waals surface area contributed by atoms with E-state index < -0.39 is 5.82 Å². The van der Waals surface area contributed by atoms with E-state index in [9.17, 15) is 14.3 Å². The zero-order valence-electron chi connectivity index (χ0n) is 16.4. The number of carbonyl (C=O) groups excluding carboxylic acids is 1. The molecule has 1 aromatic heterocycles. The van der Waals surface area contributed by atoms with Gasteiger partial charge in [-0.3, -0.25) is 4.79 Å². The molecule has 1 atom stereocenters. The van der Waals surface area contributed by atoms with Crippen LogP contribution in [-0.2, 0) is 16.6 Å². The molecule has 2 aliphatic rings. The van der Waals surface area contributed by atoms with Crippen molar-refractivity contribution < 1.29 is 19.0 Å². The molecule has 0 amide bonds. The minimum atomic E-state index is -0.455. The molecule has 28 heavy (non-hydrogen) atoms. The van der Waals surface area contributed by atoms with E-state index in [0.717, 1.165) is 35.2 Å². The second-order valence-corrected chi connectivity index (χ2v) is 7.85. The van der Waals surface area contributed by atoms with Gasteiger partial charge in [0.15, 0.2) is 0 Å². The molecule has 5 heteroatoms. The Morgan fingerprint density at radius 1 is 1.25 bits per heavy atom. The van der Waals surface area contributed by atoms with Crippen molar-refractivity contribution >= 4 is 18.1 Å². The number of fused-ring (bicyclic) bond motifs is 1. The highest BCUT2D eigenvalue weighted by molar-refractivity contribution is 5.81. The summed E-state index contributed by atoms with van der Waals surface area (Å²) in [7, 11) is 3.36. The molecule has 1 fully saturated rings. The summed E-state index contributed by atoms with van der Waals surface area (Å²) < 4.78 is 20.6. The molecule has 0 aliphatic heterocycles. The van der Waals surface area contributed by atoms with E-state index in [0.29, 0.717) is 17.9 Å². The second kappa shape index (κ2) is 7.46. The van der Waals surface area contributed by atoms with Crippen LogP contribution in [-0.4, -0.2) is 22.8 Å². The van der Waals surface area contributed by atoms with Gasteiger partial charge in [0.25, 0.3) is 0 Å². The van der Waals surface area contributed by atoms with Crippen LogP contribution in [0.5, 0.6) is 5.75 Å². The maximum atomic E-state index is 13.6. The predicted octanol–water partition coefficient (Wildman–Crippen LogP) is 3.34. The Balaban J connectivity index is 1.97. The number of nitrogens with zero attached hydrogens (tertiary/aromatic N) is 1. The van der Waals surface area contributed by atoms with Gasteiger partial charge in [-0.15, -0.1) is 0 Å². The van der Waals surface area contributed by atoms with Crippen LogP contribution in [0.3, 0.4) is 0 Å². The van der Waals surface area contributed by atoms with Gasteiger partial charge in [0, 0.05) is 24.0 Å². The first-order valence-electron chi connectivity index (χ1n) is 9.98. The lowest BCUT2D eigenvalue weighted by Gasteiger charge is -2.23. The first-order valence-corrected chi connectivity index (χ1v) is 9.98. The van der Waals surface area contributed by atoms with Crippen LogP contribution < -0.4 is 10.6 Å². The number of esters is 1. The van der Waals surface area contributed by atoms with Crippen molar-refractivity contribution in [3.8, 4) is 17.0 Å². The second-order valence-electron chi connectivity index (χ2n) is 7.85. The van der Waals surface area contributed by atoms with Gasteiger partial charge >= 0.3 is 5.97 Å². The molecule has 0 radical (unpaired) electrons. The van der Waals surface area contributed by atoms with Crippen molar-refractivity contribution in [2.24, 2.45) is 13.0 Å². The zero-order valence-corrected chi connectivity index (χ0v) is 16.4. The van der Waals surface area contributed by atoms with Crippen molar-refractivity contribution in [1.29, 1.82) is 0 Å². The summed E-state index contributed by atoms with van der Waals surface area (Å²) in [4.78, 5) is 12.1. The van der Waals surface area contributed by atoms with Crippen molar-refractivity contribution in [2.75, 3.05) is 7.11 Å². The molecular weight excluding hydrogens is 357 g/mol. The Kier molecular flexibility index (Phi) is 5.00. The summed E-state index contributed by atoms with van der Waals surface area (Å²) in [5.41, 5.74) is 2.78. The van der Waals surface area contributed by atoms with Crippen LogP contribution in [0.1, 0.15) is 50.0 Å². The van der Waals surface area contributed by atoms with E-state index in [4.69, 9.17) is 4.74 Å². The van der Waals surface area contributed by atoms with E-state index in [1.165, 1.54) is 38.0 Å². The molecule has 148 valence electrons. The first kappa shape index (κ1) is 18.8. The van der Waals surface area contributed by atoms with E-state index >= 15 is 0 Å². The number of aromatic hydroxyl groups is 1. The van der Waals surface area contributed by atoms with Gasteiger partial charge in [-0.2, -0.15) is 0 Å². The Labute approximate surface area is 163 Å². The predicted molar refractivity (Wildman–Crippen MR) is 107 cm³/mol. The summed E-state index contributed by atoms with van der Waals surface area (Å²) in [5, 5.41) is 12.6. The molecule has 0 saturated heterocycles. The fraction of sp³-hybridized carbons (Fsp3) is 0.435. The Morgan fingerprint density at radius 2 is 2.00 bits per heavy atom. The summed E-state index contributed by atoms with van der Waals surface area (Å²) in [6.07, 6.45) is 10.6. The molecule has 1 saturated carbocycles. The molecular formula is C23H26FNO3. The molecule has 0 bridgehead atoms. The number of halogens is 1. The van der Waals surface area contributed by atoms with Crippen LogP contribution in [0, 0.1) is 11.7 Å². The molecule has 0 spiro atoms. The Hall–Kier alpha value is -2.56. The molecule has 4 rings (SSSR count).